The molecule has 10 heteroatoms. The van der Waals surface area contributed by atoms with E-state index in [1.807, 2.05) is 24.3 Å². The molecule has 4 rings (SSSR count). The third kappa shape index (κ3) is 7.29. The van der Waals surface area contributed by atoms with Gasteiger partial charge in [-0.1, -0.05) is 24.1 Å². The second kappa shape index (κ2) is 12.5. The molecule has 1 amide bonds. The Kier molecular flexibility index (Phi) is 8.91. The molecule has 2 N–H and O–H groups in total. The summed E-state index contributed by atoms with van der Waals surface area (Å²) < 4.78 is 20.1. The number of carbonyl (C=O) groups is 1. The van der Waals surface area contributed by atoms with Crippen LogP contribution in [0.1, 0.15) is 31.2 Å². The van der Waals surface area contributed by atoms with Crippen molar-refractivity contribution < 1.29 is 19.0 Å². The van der Waals surface area contributed by atoms with E-state index in [2.05, 4.69) is 20.2 Å². The number of halogens is 2. The average Bonchev–Trinajstić information content (AvgIpc) is 2.88. The Balaban J connectivity index is 1.38. The van der Waals surface area contributed by atoms with Crippen molar-refractivity contribution in [2.75, 3.05) is 36.5 Å². The molecule has 2 aromatic carbocycles. The highest BCUT2D eigenvalue weighted by atomic mass is 35.5. The highest BCUT2D eigenvalue weighted by Crippen LogP contribution is 2.23. The standard InChI is InChI=1S/C26H29ClFN5O3/c27-20-8-9-23(28)19(16-20)18-33(26(34)35)24-10-11-29-25(31-24)30-21-6-4-7-22(17-21)36-15-5-14-32-12-2-1-3-13-32/h4,6-11,16-17H,1-3,5,12-15,18H2,(H,34,35)(H,29,30,31). The predicted octanol–water partition coefficient (Wildman–Crippen LogP) is 5.95. The van der Waals surface area contributed by atoms with Gasteiger partial charge in [-0.25, -0.2) is 14.2 Å². The summed E-state index contributed by atoms with van der Waals surface area (Å²) in [6, 6.07) is 12.9. The number of nitrogens with zero attached hydrogens (tertiary/aromatic N) is 4. The van der Waals surface area contributed by atoms with Gasteiger partial charge >= 0.3 is 6.09 Å². The van der Waals surface area contributed by atoms with Crippen LogP contribution in [0.3, 0.4) is 0 Å². The first-order chi connectivity index (χ1) is 17.5. The van der Waals surface area contributed by atoms with E-state index in [4.69, 9.17) is 16.3 Å². The van der Waals surface area contributed by atoms with Crippen LogP contribution in [0, 0.1) is 5.82 Å². The Morgan fingerprint density at radius 3 is 2.81 bits per heavy atom. The summed E-state index contributed by atoms with van der Waals surface area (Å²) in [5.74, 6) is 0.473. The molecule has 1 saturated heterocycles. The largest absolute Gasteiger partial charge is 0.493 e. The Bertz CT molecular complexity index is 1180. The monoisotopic (exact) mass is 513 g/mol. The van der Waals surface area contributed by atoms with Crippen molar-refractivity contribution >= 4 is 35.1 Å². The lowest BCUT2D eigenvalue weighted by atomic mass is 10.1. The zero-order chi connectivity index (χ0) is 25.3. The lowest BCUT2D eigenvalue weighted by molar-refractivity contribution is 0.201. The highest BCUT2D eigenvalue weighted by molar-refractivity contribution is 6.30. The average molecular weight is 514 g/mol. The van der Waals surface area contributed by atoms with Crippen molar-refractivity contribution in [1.29, 1.82) is 0 Å². The Labute approximate surface area is 214 Å². The van der Waals surface area contributed by atoms with Crippen LogP contribution in [0.2, 0.25) is 5.02 Å². The molecule has 1 fully saturated rings. The quantitative estimate of drug-likeness (QED) is 0.323. The Morgan fingerprint density at radius 1 is 1.17 bits per heavy atom. The summed E-state index contributed by atoms with van der Waals surface area (Å²) in [5.41, 5.74) is 0.839. The second-order valence-electron chi connectivity index (χ2n) is 8.60. The number of benzene rings is 2. The molecule has 0 spiro atoms. The molecule has 0 atom stereocenters. The van der Waals surface area contributed by atoms with Crippen LogP contribution in [-0.4, -0.2) is 52.3 Å². The number of hydrogen-bond acceptors (Lipinski definition) is 6. The van der Waals surface area contributed by atoms with E-state index in [0.717, 1.165) is 23.6 Å². The van der Waals surface area contributed by atoms with Gasteiger partial charge in [0.15, 0.2) is 0 Å². The zero-order valence-corrected chi connectivity index (χ0v) is 20.6. The van der Waals surface area contributed by atoms with E-state index >= 15 is 0 Å². The van der Waals surface area contributed by atoms with Crippen LogP contribution in [0.15, 0.2) is 54.7 Å². The SMILES string of the molecule is O=C(O)N(Cc1cc(Cl)ccc1F)c1ccnc(Nc2cccc(OCCCN3CCCCC3)c2)n1. The molecule has 0 aliphatic carbocycles. The maximum Gasteiger partial charge on any atom is 0.413 e. The number of likely N-dealkylation sites (tertiary alicyclic amines) is 1. The van der Waals surface area contributed by atoms with Gasteiger partial charge in [-0.05, 0) is 68.8 Å². The van der Waals surface area contributed by atoms with Gasteiger partial charge in [-0.3, -0.25) is 4.90 Å². The molecule has 3 aromatic rings. The van der Waals surface area contributed by atoms with Gasteiger partial charge in [0.05, 0.1) is 13.2 Å². The van der Waals surface area contributed by atoms with Crippen molar-refractivity contribution in [2.24, 2.45) is 0 Å². The summed E-state index contributed by atoms with van der Waals surface area (Å²) in [6.45, 7) is 3.76. The number of piperidine rings is 1. The van der Waals surface area contributed by atoms with Gasteiger partial charge in [0.1, 0.15) is 17.4 Å². The van der Waals surface area contributed by atoms with E-state index in [1.165, 1.54) is 62.8 Å². The number of carboxylic acid groups (broad SMARTS) is 1. The molecule has 36 heavy (non-hydrogen) atoms. The van der Waals surface area contributed by atoms with Crippen molar-refractivity contribution in [3.8, 4) is 5.75 Å². The lowest BCUT2D eigenvalue weighted by Crippen LogP contribution is -2.31. The highest BCUT2D eigenvalue weighted by Gasteiger charge is 2.19. The molecule has 0 radical (unpaired) electrons. The maximum atomic E-state index is 14.2. The van der Waals surface area contributed by atoms with Crippen molar-refractivity contribution in [2.45, 2.75) is 32.2 Å². The van der Waals surface area contributed by atoms with Gasteiger partial charge in [-0.15, -0.1) is 0 Å². The van der Waals surface area contributed by atoms with Gasteiger partial charge in [-0.2, -0.15) is 4.98 Å². The fraction of sp³-hybridized carbons (Fsp3) is 0.346. The summed E-state index contributed by atoms with van der Waals surface area (Å²) in [6.07, 6.45) is 5.00. The smallest absolute Gasteiger partial charge is 0.413 e. The molecule has 190 valence electrons. The minimum absolute atomic E-state index is 0.101. The van der Waals surface area contributed by atoms with Crippen LogP contribution in [0.4, 0.5) is 26.6 Å². The summed E-state index contributed by atoms with van der Waals surface area (Å²) >= 11 is 5.95. The summed E-state index contributed by atoms with van der Waals surface area (Å²) in [4.78, 5) is 23.8. The second-order valence-corrected chi connectivity index (χ2v) is 9.04. The molecule has 0 unspecified atom stereocenters. The molecule has 0 saturated carbocycles. The molecular formula is C26H29ClFN5O3. The number of ether oxygens (including phenoxy) is 1. The maximum absolute atomic E-state index is 14.2. The molecule has 1 aliphatic heterocycles. The fourth-order valence-electron chi connectivity index (χ4n) is 4.10. The van der Waals surface area contributed by atoms with E-state index < -0.39 is 11.9 Å². The first kappa shape index (κ1) is 25.7. The van der Waals surface area contributed by atoms with Crippen LogP contribution in [0.25, 0.3) is 0 Å². The van der Waals surface area contributed by atoms with E-state index in [9.17, 15) is 14.3 Å². The Morgan fingerprint density at radius 2 is 2.00 bits per heavy atom. The van der Waals surface area contributed by atoms with Crippen LogP contribution in [-0.2, 0) is 6.54 Å². The number of hydrogen-bond donors (Lipinski definition) is 2. The van der Waals surface area contributed by atoms with Crippen molar-refractivity contribution in [1.82, 2.24) is 14.9 Å². The Hall–Kier alpha value is -3.43. The zero-order valence-electron chi connectivity index (χ0n) is 19.9. The van der Waals surface area contributed by atoms with Crippen LogP contribution in [0.5, 0.6) is 5.75 Å². The minimum atomic E-state index is -1.28. The van der Waals surface area contributed by atoms with E-state index in [1.54, 1.807) is 0 Å². The summed E-state index contributed by atoms with van der Waals surface area (Å²) in [5, 5.41) is 13.1. The molecule has 2 heterocycles. The third-order valence-electron chi connectivity index (χ3n) is 5.91. The van der Waals surface area contributed by atoms with Crippen LogP contribution < -0.4 is 15.0 Å². The first-order valence-electron chi connectivity index (χ1n) is 12.0. The van der Waals surface area contributed by atoms with Gasteiger partial charge in [0.25, 0.3) is 0 Å². The van der Waals surface area contributed by atoms with Crippen molar-refractivity contribution in [3.63, 3.8) is 0 Å². The molecular weight excluding hydrogens is 485 g/mol. The topological polar surface area (TPSA) is 90.8 Å². The van der Waals surface area contributed by atoms with Crippen LogP contribution >= 0.6 is 11.6 Å². The normalized spacial score (nSPS) is 13.8. The number of anilines is 3. The number of rotatable bonds is 10. The molecule has 1 aromatic heterocycles. The number of amides is 1. The molecule has 0 bridgehead atoms. The minimum Gasteiger partial charge on any atom is -0.493 e. The molecule has 8 nitrogen and oxygen atoms in total. The first-order valence-corrected chi connectivity index (χ1v) is 12.4. The lowest BCUT2D eigenvalue weighted by Gasteiger charge is -2.26. The van der Waals surface area contributed by atoms with Gasteiger partial charge in [0.2, 0.25) is 5.95 Å². The fourth-order valence-corrected chi connectivity index (χ4v) is 4.29. The third-order valence-corrected chi connectivity index (χ3v) is 6.15. The van der Waals surface area contributed by atoms with E-state index in [0.29, 0.717) is 17.3 Å². The summed E-state index contributed by atoms with van der Waals surface area (Å²) in [7, 11) is 0. The van der Waals surface area contributed by atoms with Gasteiger partial charge < -0.3 is 20.1 Å². The number of aromatic nitrogens is 2. The van der Waals surface area contributed by atoms with Crippen molar-refractivity contribution in [3.05, 3.63) is 71.1 Å². The predicted molar refractivity (Wildman–Crippen MR) is 138 cm³/mol. The number of nitrogens with one attached hydrogen (secondary N) is 1. The molecule has 1 aliphatic rings. The van der Waals surface area contributed by atoms with E-state index in [-0.39, 0.29) is 23.9 Å². The van der Waals surface area contributed by atoms with Gasteiger partial charge in [0, 0.05) is 35.1 Å².